The van der Waals surface area contributed by atoms with Crippen LogP contribution in [0.25, 0.3) is 11.0 Å². The van der Waals surface area contributed by atoms with E-state index in [9.17, 15) is 0 Å². The first-order valence-corrected chi connectivity index (χ1v) is 7.53. The summed E-state index contributed by atoms with van der Waals surface area (Å²) in [5.41, 5.74) is 3.25. The van der Waals surface area contributed by atoms with Gasteiger partial charge >= 0.3 is 0 Å². The van der Waals surface area contributed by atoms with Crippen LogP contribution < -0.4 is 5.32 Å². The first-order valence-electron chi connectivity index (χ1n) is 6.76. The highest BCUT2D eigenvalue weighted by atomic mass is 32.1. The number of imidazole rings is 1. The average Bonchev–Trinajstić information content (AvgIpc) is 3.10. The molecule has 0 radical (unpaired) electrons. The monoisotopic (exact) mass is 303 g/mol. The molecule has 0 aliphatic carbocycles. The Hall–Kier alpha value is -1.99. The largest absolute Gasteiger partial charge is 0.384 e. The Bertz CT molecular complexity index is 736. The molecule has 0 spiro atoms. The van der Waals surface area contributed by atoms with Gasteiger partial charge < -0.3 is 15.0 Å². The van der Waals surface area contributed by atoms with E-state index < -0.39 is 0 Å². The van der Waals surface area contributed by atoms with E-state index in [4.69, 9.17) is 4.74 Å². The minimum absolute atomic E-state index is 0.604. The van der Waals surface area contributed by atoms with Gasteiger partial charge in [-0.1, -0.05) is 12.1 Å². The Morgan fingerprint density at radius 3 is 3.05 bits per heavy atom. The Morgan fingerprint density at radius 2 is 2.24 bits per heavy atom. The van der Waals surface area contributed by atoms with Gasteiger partial charge in [0.05, 0.1) is 24.2 Å². The molecule has 0 amide bonds. The third kappa shape index (κ3) is 3.20. The van der Waals surface area contributed by atoms with E-state index in [1.54, 1.807) is 7.11 Å². The van der Waals surface area contributed by atoms with E-state index >= 15 is 0 Å². The van der Waals surface area contributed by atoms with Crippen molar-refractivity contribution < 1.29 is 4.74 Å². The fraction of sp³-hybridized carbons (Fsp3) is 0.357. The lowest BCUT2D eigenvalue weighted by atomic mass is 10.2. The summed E-state index contributed by atoms with van der Waals surface area (Å²) in [5.74, 6) is 1.71. The maximum atomic E-state index is 5.02. The molecule has 21 heavy (non-hydrogen) atoms. The highest BCUT2D eigenvalue weighted by Crippen LogP contribution is 2.17. The Kier molecular flexibility index (Phi) is 4.12. The van der Waals surface area contributed by atoms with Gasteiger partial charge in [-0.05, 0) is 18.6 Å². The van der Waals surface area contributed by atoms with Gasteiger partial charge in [-0.25, -0.2) is 9.97 Å². The minimum Gasteiger partial charge on any atom is -0.384 e. The smallest absolute Gasteiger partial charge is 0.202 e. The highest BCUT2D eigenvalue weighted by molar-refractivity contribution is 7.09. The summed E-state index contributed by atoms with van der Waals surface area (Å²) in [5, 5.41) is 4.05. The van der Waals surface area contributed by atoms with Crippen molar-refractivity contribution in [3.8, 4) is 0 Å². The summed E-state index contributed by atoms with van der Waals surface area (Å²) in [6.07, 6.45) is 0.735. The first-order chi connectivity index (χ1) is 10.3. The van der Waals surface area contributed by atoms with Gasteiger partial charge in [-0.3, -0.25) is 0 Å². The van der Waals surface area contributed by atoms with Crippen molar-refractivity contribution in [2.75, 3.05) is 19.0 Å². The number of methoxy groups -OCH3 is 1. The topological polar surface area (TPSA) is 75.7 Å². The molecule has 7 heteroatoms. The maximum absolute atomic E-state index is 5.02. The van der Waals surface area contributed by atoms with E-state index in [1.807, 2.05) is 12.1 Å². The molecule has 0 aliphatic heterocycles. The van der Waals surface area contributed by atoms with Crippen LogP contribution in [0.3, 0.4) is 0 Å². The lowest BCUT2D eigenvalue weighted by Crippen LogP contribution is -2.01. The van der Waals surface area contributed by atoms with Crippen LogP contribution in [0.2, 0.25) is 0 Å². The Morgan fingerprint density at radius 1 is 1.33 bits per heavy atom. The number of aromatic amines is 1. The lowest BCUT2D eigenvalue weighted by molar-refractivity contribution is 0.201. The van der Waals surface area contributed by atoms with Crippen LogP contribution in [0.1, 0.15) is 17.2 Å². The van der Waals surface area contributed by atoms with Crippen molar-refractivity contribution in [3.63, 3.8) is 0 Å². The van der Waals surface area contributed by atoms with Gasteiger partial charge in [0.2, 0.25) is 5.13 Å². The molecule has 1 aromatic carbocycles. The number of hydrogen-bond acceptors (Lipinski definition) is 6. The van der Waals surface area contributed by atoms with Gasteiger partial charge in [-0.15, -0.1) is 0 Å². The third-order valence-electron chi connectivity index (χ3n) is 3.17. The summed E-state index contributed by atoms with van der Waals surface area (Å²) in [4.78, 5) is 12.3. The van der Waals surface area contributed by atoms with Gasteiger partial charge in [-0.2, -0.15) is 4.37 Å². The van der Waals surface area contributed by atoms with Crippen molar-refractivity contribution in [2.45, 2.75) is 19.9 Å². The molecule has 0 saturated carbocycles. The van der Waals surface area contributed by atoms with Crippen molar-refractivity contribution in [1.29, 1.82) is 0 Å². The highest BCUT2D eigenvalue weighted by Gasteiger charge is 2.07. The Labute approximate surface area is 126 Å². The molecule has 110 valence electrons. The third-order valence-corrected chi connectivity index (χ3v) is 3.88. The minimum atomic E-state index is 0.604. The standard InChI is InChI=1S/C14H17N5OS/c1-9-4-3-5-10-13(9)17-12(16-10)8-15-14-18-11(19-21-14)6-7-20-2/h3-5H,6-8H2,1-2H3,(H,16,17)(H,15,18,19). The number of anilines is 1. The number of ether oxygens (including phenoxy) is 1. The van der Waals surface area contributed by atoms with E-state index in [-0.39, 0.29) is 0 Å². The van der Waals surface area contributed by atoms with E-state index in [0.29, 0.717) is 13.2 Å². The zero-order chi connectivity index (χ0) is 14.7. The molecular weight excluding hydrogens is 286 g/mol. The molecule has 0 fully saturated rings. The van der Waals surface area contributed by atoms with E-state index in [0.717, 1.165) is 34.2 Å². The summed E-state index contributed by atoms with van der Waals surface area (Å²) in [7, 11) is 1.68. The molecule has 0 unspecified atom stereocenters. The molecule has 2 aromatic heterocycles. The van der Waals surface area contributed by atoms with Crippen LogP contribution in [0.15, 0.2) is 18.2 Å². The van der Waals surface area contributed by atoms with Crippen LogP contribution >= 0.6 is 11.5 Å². The zero-order valence-corrected chi connectivity index (χ0v) is 12.8. The fourth-order valence-electron chi connectivity index (χ4n) is 2.09. The number of rotatable bonds is 6. The second-order valence-corrected chi connectivity index (χ2v) is 5.52. The first kappa shape index (κ1) is 14.0. The zero-order valence-electron chi connectivity index (χ0n) is 12.0. The molecule has 2 heterocycles. The average molecular weight is 303 g/mol. The van der Waals surface area contributed by atoms with Crippen molar-refractivity contribution in [2.24, 2.45) is 0 Å². The maximum Gasteiger partial charge on any atom is 0.202 e. The number of aromatic nitrogens is 4. The molecular formula is C14H17N5OS. The number of fused-ring (bicyclic) bond motifs is 1. The molecule has 2 N–H and O–H groups in total. The van der Waals surface area contributed by atoms with Crippen LogP contribution in [0, 0.1) is 6.92 Å². The number of benzene rings is 1. The molecule has 0 atom stereocenters. The molecule has 0 bridgehead atoms. The van der Waals surface area contributed by atoms with Crippen molar-refractivity contribution >= 4 is 27.7 Å². The molecule has 0 aliphatic rings. The van der Waals surface area contributed by atoms with Crippen LogP contribution in [0.4, 0.5) is 5.13 Å². The van der Waals surface area contributed by atoms with Gasteiger partial charge in [0.25, 0.3) is 0 Å². The van der Waals surface area contributed by atoms with E-state index in [2.05, 4.69) is 37.6 Å². The molecule has 0 saturated heterocycles. The van der Waals surface area contributed by atoms with Gasteiger partial charge in [0.1, 0.15) is 11.6 Å². The summed E-state index contributed by atoms with van der Waals surface area (Å²) >= 11 is 1.36. The van der Waals surface area contributed by atoms with E-state index in [1.165, 1.54) is 17.1 Å². The normalized spacial score (nSPS) is 11.1. The molecule has 3 rings (SSSR count). The quantitative estimate of drug-likeness (QED) is 0.732. The van der Waals surface area contributed by atoms with Gasteiger partial charge in [0.15, 0.2) is 0 Å². The van der Waals surface area contributed by atoms with Crippen LogP contribution in [0.5, 0.6) is 0 Å². The SMILES string of the molecule is COCCc1nsc(NCc2nc3c(C)cccc3[nH]2)n1. The number of nitrogens with zero attached hydrogens (tertiary/aromatic N) is 3. The second-order valence-electron chi connectivity index (χ2n) is 4.77. The summed E-state index contributed by atoms with van der Waals surface area (Å²) in [6, 6.07) is 6.12. The Balaban J connectivity index is 1.66. The molecule has 6 nitrogen and oxygen atoms in total. The number of H-pyrrole nitrogens is 1. The number of para-hydroxylation sites is 1. The number of aryl methyl sites for hydroxylation is 1. The molecule has 3 aromatic rings. The lowest BCUT2D eigenvalue weighted by Gasteiger charge is -1.97. The van der Waals surface area contributed by atoms with Crippen molar-refractivity contribution in [3.05, 3.63) is 35.4 Å². The number of nitrogens with one attached hydrogen (secondary N) is 2. The van der Waals surface area contributed by atoms with Crippen LogP contribution in [-0.4, -0.2) is 33.0 Å². The number of hydrogen-bond donors (Lipinski definition) is 2. The van der Waals surface area contributed by atoms with Crippen molar-refractivity contribution in [1.82, 2.24) is 19.3 Å². The predicted octanol–water partition coefficient (Wildman–Crippen LogP) is 2.52. The predicted molar refractivity (Wildman–Crippen MR) is 83.6 cm³/mol. The summed E-state index contributed by atoms with van der Waals surface area (Å²) in [6.45, 7) is 3.30. The fourth-order valence-corrected chi connectivity index (χ4v) is 2.70. The second kappa shape index (κ2) is 6.19. The van der Waals surface area contributed by atoms with Crippen LogP contribution in [-0.2, 0) is 17.7 Å². The van der Waals surface area contributed by atoms with Gasteiger partial charge in [0, 0.05) is 25.1 Å². The summed E-state index contributed by atoms with van der Waals surface area (Å²) < 4.78 is 9.30.